The molecule has 94 valence electrons. The van der Waals surface area contributed by atoms with E-state index >= 15 is 0 Å². The molecule has 1 saturated carbocycles. The fraction of sp³-hybridized carbons (Fsp3) is 0.917. The summed E-state index contributed by atoms with van der Waals surface area (Å²) in [6.07, 6.45) is 7.27. The molecule has 2 N–H and O–H groups in total. The van der Waals surface area contributed by atoms with Crippen LogP contribution in [0.1, 0.15) is 39.5 Å². The van der Waals surface area contributed by atoms with Gasteiger partial charge in [0.1, 0.15) is 0 Å². The third-order valence-corrected chi connectivity index (χ3v) is 4.38. The minimum Gasteiger partial charge on any atom is -0.355 e. The van der Waals surface area contributed by atoms with Gasteiger partial charge in [0.2, 0.25) is 5.91 Å². The Hall–Kier alpha value is -0.220. The standard InChI is InChI=1S/C12H24N2OS/c1-4-13-12(15)9(2)14-10-7-5-6-8-11(10)16-3/h9-11,14H,4-8H2,1-3H3,(H,13,15). The quantitative estimate of drug-likeness (QED) is 0.774. The summed E-state index contributed by atoms with van der Waals surface area (Å²) in [5.74, 6) is 0.118. The Bertz CT molecular complexity index is 223. The molecule has 0 aromatic carbocycles. The van der Waals surface area contributed by atoms with Gasteiger partial charge in [0.05, 0.1) is 6.04 Å². The lowest BCUT2D eigenvalue weighted by molar-refractivity contribution is -0.122. The number of likely N-dealkylation sites (N-methyl/N-ethyl adjacent to an activating group) is 1. The predicted molar refractivity (Wildman–Crippen MR) is 70.8 cm³/mol. The Morgan fingerprint density at radius 1 is 1.44 bits per heavy atom. The highest BCUT2D eigenvalue weighted by atomic mass is 32.2. The summed E-state index contributed by atoms with van der Waals surface area (Å²) in [6.45, 7) is 4.62. The molecule has 1 aliphatic carbocycles. The molecule has 3 unspecified atom stereocenters. The second-order valence-corrected chi connectivity index (χ2v) is 5.52. The van der Waals surface area contributed by atoms with Crippen LogP contribution in [0.5, 0.6) is 0 Å². The van der Waals surface area contributed by atoms with E-state index in [4.69, 9.17) is 0 Å². The van der Waals surface area contributed by atoms with Crippen LogP contribution in [0, 0.1) is 0 Å². The summed E-state index contributed by atoms with van der Waals surface area (Å²) < 4.78 is 0. The summed E-state index contributed by atoms with van der Waals surface area (Å²) >= 11 is 1.93. The van der Waals surface area contributed by atoms with Crippen LogP contribution < -0.4 is 10.6 Å². The van der Waals surface area contributed by atoms with Gasteiger partial charge in [-0.3, -0.25) is 4.79 Å². The first-order valence-electron chi connectivity index (χ1n) is 6.25. The van der Waals surface area contributed by atoms with Crippen molar-refractivity contribution in [2.24, 2.45) is 0 Å². The lowest BCUT2D eigenvalue weighted by Gasteiger charge is -2.33. The average molecular weight is 244 g/mol. The van der Waals surface area contributed by atoms with E-state index in [2.05, 4.69) is 16.9 Å². The fourth-order valence-corrected chi connectivity index (χ4v) is 3.24. The molecule has 0 aliphatic heterocycles. The SMILES string of the molecule is CCNC(=O)C(C)NC1CCCCC1SC. The molecule has 0 spiro atoms. The highest BCUT2D eigenvalue weighted by Crippen LogP contribution is 2.27. The maximum atomic E-state index is 11.6. The van der Waals surface area contributed by atoms with Crippen LogP contribution in [-0.2, 0) is 4.79 Å². The number of thioether (sulfide) groups is 1. The summed E-state index contributed by atoms with van der Waals surface area (Å²) in [5, 5.41) is 7.00. The van der Waals surface area contributed by atoms with Crippen LogP contribution >= 0.6 is 11.8 Å². The molecule has 4 heteroatoms. The Morgan fingerprint density at radius 2 is 2.12 bits per heavy atom. The molecule has 0 saturated heterocycles. The van der Waals surface area contributed by atoms with Gasteiger partial charge in [-0.1, -0.05) is 12.8 Å². The molecular weight excluding hydrogens is 220 g/mol. The molecule has 1 amide bonds. The normalized spacial score (nSPS) is 27.4. The Labute approximate surface area is 103 Å². The molecular formula is C12H24N2OS. The number of carbonyl (C=O) groups is 1. The van der Waals surface area contributed by atoms with Gasteiger partial charge in [0.15, 0.2) is 0 Å². The van der Waals surface area contributed by atoms with Crippen LogP contribution in [0.25, 0.3) is 0 Å². The second kappa shape index (κ2) is 7.17. The van der Waals surface area contributed by atoms with Gasteiger partial charge in [-0.2, -0.15) is 11.8 Å². The molecule has 0 radical (unpaired) electrons. The zero-order valence-electron chi connectivity index (χ0n) is 10.6. The van der Waals surface area contributed by atoms with E-state index in [9.17, 15) is 4.79 Å². The molecule has 0 aromatic rings. The highest BCUT2D eigenvalue weighted by Gasteiger charge is 2.26. The second-order valence-electron chi connectivity index (χ2n) is 4.45. The van der Waals surface area contributed by atoms with Crippen molar-refractivity contribution >= 4 is 17.7 Å². The van der Waals surface area contributed by atoms with Gasteiger partial charge in [-0.05, 0) is 32.9 Å². The van der Waals surface area contributed by atoms with Crippen molar-refractivity contribution in [2.45, 2.75) is 56.9 Å². The molecule has 16 heavy (non-hydrogen) atoms. The maximum Gasteiger partial charge on any atom is 0.236 e. The van der Waals surface area contributed by atoms with E-state index in [1.54, 1.807) is 0 Å². The van der Waals surface area contributed by atoms with Crippen LogP contribution in [0.15, 0.2) is 0 Å². The van der Waals surface area contributed by atoms with Gasteiger partial charge >= 0.3 is 0 Å². The molecule has 0 aromatic heterocycles. The lowest BCUT2D eigenvalue weighted by Crippen LogP contribution is -2.50. The van der Waals surface area contributed by atoms with Crippen LogP contribution in [0.3, 0.4) is 0 Å². The number of carbonyl (C=O) groups excluding carboxylic acids is 1. The van der Waals surface area contributed by atoms with Crippen molar-refractivity contribution in [3.8, 4) is 0 Å². The van der Waals surface area contributed by atoms with Gasteiger partial charge in [-0.25, -0.2) is 0 Å². The minimum atomic E-state index is -0.0716. The fourth-order valence-electron chi connectivity index (χ4n) is 2.29. The van der Waals surface area contributed by atoms with E-state index in [0.29, 0.717) is 17.8 Å². The van der Waals surface area contributed by atoms with Crippen LogP contribution in [0.4, 0.5) is 0 Å². The van der Waals surface area contributed by atoms with Gasteiger partial charge < -0.3 is 10.6 Å². The van der Waals surface area contributed by atoms with Crippen molar-refractivity contribution in [2.75, 3.05) is 12.8 Å². The molecule has 0 heterocycles. The Balaban J connectivity index is 2.41. The van der Waals surface area contributed by atoms with Crippen LogP contribution in [0.2, 0.25) is 0 Å². The van der Waals surface area contributed by atoms with Crippen molar-refractivity contribution in [3.05, 3.63) is 0 Å². The van der Waals surface area contributed by atoms with E-state index < -0.39 is 0 Å². The Kier molecular flexibility index (Phi) is 6.21. The molecule has 1 aliphatic rings. The number of hydrogen-bond acceptors (Lipinski definition) is 3. The summed E-state index contributed by atoms with van der Waals surface area (Å²) in [5.41, 5.74) is 0. The summed E-state index contributed by atoms with van der Waals surface area (Å²) in [4.78, 5) is 11.6. The van der Waals surface area contributed by atoms with E-state index in [0.717, 1.165) is 0 Å². The van der Waals surface area contributed by atoms with Crippen molar-refractivity contribution in [1.29, 1.82) is 0 Å². The minimum absolute atomic E-state index is 0.0716. The summed E-state index contributed by atoms with van der Waals surface area (Å²) in [6, 6.07) is 0.430. The zero-order chi connectivity index (χ0) is 12.0. The van der Waals surface area contributed by atoms with E-state index in [1.807, 2.05) is 25.6 Å². The first-order valence-corrected chi connectivity index (χ1v) is 7.54. The smallest absolute Gasteiger partial charge is 0.236 e. The van der Waals surface area contributed by atoms with Gasteiger partial charge in [0.25, 0.3) is 0 Å². The number of rotatable bonds is 5. The van der Waals surface area contributed by atoms with Crippen LogP contribution in [-0.4, -0.2) is 36.0 Å². The van der Waals surface area contributed by atoms with E-state index in [-0.39, 0.29) is 11.9 Å². The molecule has 3 atom stereocenters. The van der Waals surface area contributed by atoms with Crippen molar-refractivity contribution in [3.63, 3.8) is 0 Å². The number of nitrogens with one attached hydrogen (secondary N) is 2. The third kappa shape index (κ3) is 3.98. The molecule has 1 rings (SSSR count). The zero-order valence-corrected chi connectivity index (χ0v) is 11.4. The largest absolute Gasteiger partial charge is 0.355 e. The van der Waals surface area contributed by atoms with Crippen molar-refractivity contribution < 1.29 is 4.79 Å². The van der Waals surface area contributed by atoms with Gasteiger partial charge in [0, 0.05) is 17.8 Å². The first kappa shape index (κ1) is 13.8. The topological polar surface area (TPSA) is 41.1 Å². The molecule has 1 fully saturated rings. The first-order chi connectivity index (χ1) is 7.69. The van der Waals surface area contributed by atoms with Crippen molar-refractivity contribution in [1.82, 2.24) is 10.6 Å². The average Bonchev–Trinajstić information content (AvgIpc) is 2.30. The highest BCUT2D eigenvalue weighted by molar-refractivity contribution is 7.99. The summed E-state index contributed by atoms with van der Waals surface area (Å²) in [7, 11) is 0. The monoisotopic (exact) mass is 244 g/mol. The Morgan fingerprint density at radius 3 is 2.75 bits per heavy atom. The van der Waals surface area contributed by atoms with Gasteiger partial charge in [-0.15, -0.1) is 0 Å². The molecule has 0 bridgehead atoms. The van der Waals surface area contributed by atoms with E-state index in [1.165, 1.54) is 25.7 Å². The lowest BCUT2D eigenvalue weighted by atomic mass is 9.94. The predicted octanol–water partition coefficient (Wildman–Crippen LogP) is 1.77. The number of hydrogen-bond donors (Lipinski definition) is 2. The maximum absolute atomic E-state index is 11.6. The number of amides is 1. The third-order valence-electron chi connectivity index (χ3n) is 3.21. The molecule has 3 nitrogen and oxygen atoms in total.